The van der Waals surface area contributed by atoms with Crippen LogP contribution in [0.1, 0.15) is 21.5 Å². The average molecular weight is 373 g/mol. The number of hydrogen-bond acceptors (Lipinski definition) is 5. The number of nitrogens with zero attached hydrogens (tertiary/aromatic N) is 2. The molecule has 3 rings (SSSR count). The van der Waals surface area contributed by atoms with Gasteiger partial charge in [-0.3, -0.25) is 4.79 Å². The number of anilines is 1. The first-order chi connectivity index (χ1) is 13.6. The summed E-state index contributed by atoms with van der Waals surface area (Å²) in [7, 11) is 0. The third kappa shape index (κ3) is 5.60. The molecule has 0 bridgehead atoms. The highest BCUT2D eigenvalue weighted by Gasteiger charge is 2.06. The van der Waals surface area contributed by atoms with Crippen LogP contribution in [0.25, 0.3) is 0 Å². The minimum Gasteiger partial charge on any atom is -0.343 e. The molecule has 0 aliphatic heterocycles. The molecule has 1 N–H and O–H groups in total. The van der Waals surface area contributed by atoms with Crippen molar-refractivity contribution in [1.29, 1.82) is 0 Å². The number of carbonyl (C=O) groups is 2. The minimum absolute atomic E-state index is 0.182. The van der Waals surface area contributed by atoms with Crippen molar-refractivity contribution in [1.82, 2.24) is 0 Å². The van der Waals surface area contributed by atoms with E-state index in [4.69, 9.17) is 4.84 Å². The molecule has 0 aliphatic carbocycles. The Morgan fingerprint density at radius 3 is 2.39 bits per heavy atom. The zero-order valence-electron chi connectivity index (χ0n) is 15.3. The van der Waals surface area contributed by atoms with Crippen molar-refractivity contribution < 1.29 is 14.4 Å². The Kier molecular flexibility index (Phi) is 6.25. The minimum atomic E-state index is -0.402. The smallest absolute Gasteiger partial charge is 0.336 e. The third-order valence-electron chi connectivity index (χ3n) is 3.86. The molecule has 0 heterocycles. The van der Waals surface area contributed by atoms with Crippen molar-refractivity contribution in [2.45, 2.75) is 13.3 Å². The molecule has 28 heavy (non-hydrogen) atoms. The molecule has 3 aromatic carbocycles. The zero-order valence-corrected chi connectivity index (χ0v) is 15.3. The van der Waals surface area contributed by atoms with E-state index in [2.05, 4.69) is 15.7 Å². The van der Waals surface area contributed by atoms with E-state index in [-0.39, 0.29) is 6.42 Å². The van der Waals surface area contributed by atoms with Gasteiger partial charge in [0.1, 0.15) is 0 Å². The standard InChI is InChI=1S/C22H19N3O3/c1-16-6-5-9-18(14-16)22(27)24-23-19-10-12-20(13-11-19)25-28-21(26)15-17-7-3-2-4-8-17/h2-14,25H,15H2,1H3. The Bertz CT molecular complexity index is 983. The van der Waals surface area contributed by atoms with E-state index in [0.717, 1.165) is 11.1 Å². The maximum atomic E-state index is 12.0. The predicted octanol–water partition coefficient (Wildman–Crippen LogP) is 5.03. The lowest BCUT2D eigenvalue weighted by Crippen LogP contribution is -2.12. The molecule has 0 fully saturated rings. The Balaban J connectivity index is 1.52. The van der Waals surface area contributed by atoms with Gasteiger partial charge in [-0.1, -0.05) is 48.0 Å². The van der Waals surface area contributed by atoms with Crippen LogP contribution >= 0.6 is 0 Å². The molecule has 1 amide bonds. The van der Waals surface area contributed by atoms with Crippen LogP contribution in [-0.4, -0.2) is 11.9 Å². The highest BCUT2D eigenvalue weighted by Crippen LogP contribution is 2.17. The Morgan fingerprint density at radius 2 is 1.68 bits per heavy atom. The van der Waals surface area contributed by atoms with Crippen LogP contribution in [0.2, 0.25) is 0 Å². The lowest BCUT2D eigenvalue weighted by atomic mass is 10.1. The monoisotopic (exact) mass is 373 g/mol. The molecule has 0 aromatic heterocycles. The maximum absolute atomic E-state index is 12.0. The van der Waals surface area contributed by atoms with Crippen LogP contribution in [0.4, 0.5) is 11.4 Å². The number of benzene rings is 3. The van der Waals surface area contributed by atoms with Gasteiger partial charge in [-0.2, -0.15) is 0 Å². The normalized spacial score (nSPS) is 10.6. The third-order valence-corrected chi connectivity index (χ3v) is 3.86. The summed E-state index contributed by atoms with van der Waals surface area (Å²) in [6.45, 7) is 1.91. The van der Waals surface area contributed by atoms with E-state index in [1.165, 1.54) is 0 Å². The highest BCUT2D eigenvalue weighted by molar-refractivity contribution is 5.94. The van der Waals surface area contributed by atoms with Gasteiger partial charge in [0.2, 0.25) is 0 Å². The summed E-state index contributed by atoms with van der Waals surface area (Å²) in [5, 5.41) is 7.68. The number of rotatable bonds is 6. The second-order valence-electron chi connectivity index (χ2n) is 6.16. The van der Waals surface area contributed by atoms with Gasteiger partial charge >= 0.3 is 5.97 Å². The molecular formula is C22H19N3O3. The fourth-order valence-corrected chi connectivity index (χ4v) is 2.45. The summed E-state index contributed by atoms with van der Waals surface area (Å²) in [4.78, 5) is 28.9. The quantitative estimate of drug-likeness (QED) is 0.485. The van der Waals surface area contributed by atoms with Crippen molar-refractivity contribution in [3.63, 3.8) is 0 Å². The zero-order chi connectivity index (χ0) is 19.8. The van der Waals surface area contributed by atoms with E-state index in [1.807, 2.05) is 43.3 Å². The summed E-state index contributed by atoms with van der Waals surface area (Å²) in [5.74, 6) is -0.792. The average Bonchev–Trinajstić information content (AvgIpc) is 2.72. The van der Waals surface area contributed by atoms with Crippen molar-refractivity contribution in [2.24, 2.45) is 10.2 Å². The number of amides is 1. The fraction of sp³-hybridized carbons (Fsp3) is 0.0909. The number of nitrogens with one attached hydrogen (secondary N) is 1. The molecule has 0 saturated heterocycles. The van der Waals surface area contributed by atoms with Crippen molar-refractivity contribution >= 4 is 23.3 Å². The highest BCUT2D eigenvalue weighted by atomic mass is 16.7. The molecule has 0 radical (unpaired) electrons. The molecule has 6 nitrogen and oxygen atoms in total. The summed E-state index contributed by atoms with van der Waals surface area (Å²) in [5.41, 5.74) is 6.06. The number of carbonyl (C=O) groups excluding carboxylic acids is 2. The van der Waals surface area contributed by atoms with Crippen molar-refractivity contribution in [3.8, 4) is 0 Å². The van der Waals surface area contributed by atoms with Crippen LogP contribution in [0.15, 0.2) is 89.1 Å². The van der Waals surface area contributed by atoms with Crippen molar-refractivity contribution in [3.05, 3.63) is 95.6 Å². The summed E-state index contributed by atoms with van der Waals surface area (Å²) >= 11 is 0. The van der Waals surface area contributed by atoms with Crippen molar-refractivity contribution in [2.75, 3.05) is 5.48 Å². The first-order valence-electron chi connectivity index (χ1n) is 8.72. The number of aryl methyl sites for hydroxylation is 1. The molecule has 0 atom stereocenters. The Labute approximate surface area is 162 Å². The van der Waals surface area contributed by atoms with Crippen LogP contribution in [0.3, 0.4) is 0 Å². The Hall–Kier alpha value is -3.80. The summed E-state index contributed by atoms with van der Waals surface area (Å²) < 4.78 is 0. The summed E-state index contributed by atoms with van der Waals surface area (Å²) in [6.07, 6.45) is 0.182. The van der Waals surface area contributed by atoms with Gasteiger partial charge in [0.25, 0.3) is 5.91 Å². The van der Waals surface area contributed by atoms with Crippen LogP contribution in [-0.2, 0) is 16.1 Å². The first-order valence-corrected chi connectivity index (χ1v) is 8.72. The molecule has 0 unspecified atom stereocenters. The fourth-order valence-electron chi connectivity index (χ4n) is 2.45. The lowest BCUT2D eigenvalue weighted by molar-refractivity contribution is -0.139. The van der Waals surface area contributed by atoms with E-state index in [0.29, 0.717) is 16.9 Å². The molecule has 6 heteroatoms. The van der Waals surface area contributed by atoms with Crippen LogP contribution in [0, 0.1) is 6.92 Å². The molecule has 0 aliphatic rings. The molecule has 0 saturated carbocycles. The topological polar surface area (TPSA) is 80.1 Å². The van der Waals surface area contributed by atoms with Crippen LogP contribution in [0.5, 0.6) is 0 Å². The van der Waals surface area contributed by atoms with Gasteiger partial charge in [0.15, 0.2) is 0 Å². The van der Waals surface area contributed by atoms with Crippen LogP contribution < -0.4 is 5.48 Å². The van der Waals surface area contributed by atoms with Gasteiger partial charge in [-0.05, 0) is 48.9 Å². The number of azo groups is 1. The molecule has 140 valence electrons. The summed E-state index contributed by atoms with van der Waals surface area (Å²) in [6, 6.07) is 23.2. The Morgan fingerprint density at radius 1 is 0.929 bits per heavy atom. The van der Waals surface area contributed by atoms with Gasteiger partial charge < -0.3 is 4.84 Å². The second-order valence-corrected chi connectivity index (χ2v) is 6.16. The van der Waals surface area contributed by atoms with E-state index >= 15 is 0 Å². The second kappa shape index (κ2) is 9.23. The first kappa shape index (κ1) is 19.0. The molecule has 3 aromatic rings. The SMILES string of the molecule is Cc1cccc(C(=O)N=Nc2ccc(NOC(=O)Cc3ccccc3)cc2)c1. The predicted molar refractivity (Wildman–Crippen MR) is 106 cm³/mol. The van der Waals surface area contributed by atoms with Gasteiger partial charge in [-0.15, -0.1) is 10.2 Å². The van der Waals surface area contributed by atoms with Gasteiger partial charge in [-0.25, -0.2) is 10.3 Å². The van der Waals surface area contributed by atoms with Gasteiger partial charge in [0, 0.05) is 5.56 Å². The largest absolute Gasteiger partial charge is 0.343 e. The van der Waals surface area contributed by atoms with E-state index in [1.54, 1.807) is 42.5 Å². The van der Waals surface area contributed by atoms with E-state index in [9.17, 15) is 9.59 Å². The maximum Gasteiger partial charge on any atom is 0.336 e. The lowest BCUT2D eigenvalue weighted by Gasteiger charge is -2.07. The van der Waals surface area contributed by atoms with Gasteiger partial charge in [0.05, 0.1) is 17.8 Å². The number of hydrogen-bond donors (Lipinski definition) is 1. The molecule has 0 spiro atoms. The van der Waals surface area contributed by atoms with E-state index < -0.39 is 11.9 Å². The molecular weight excluding hydrogens is 354 g/mol.